The first-order chi connectivity index (χ1) is 16.4. The summed E-state index contributed by atoms with van der Waals surface area (Å²) in [6.45, 7) is 62.8. The number of hydrogen-bond acceptors (Lipinski definition) is 0. The summed E-state index contributed by atoms with van der Waals surface area (Å²) in [6.07, 6.45) is 0. The molecule has 1 radical (unpaired) electrons. The maximum atomic E-state index is 5.23. The Hall–Kier alpha value is 2.08. The first kappa shape index (κ1) is 35.1. The summed E-state index contributed by atoms with van der Waals surface area (Å²) in [5.74, 6) is 0. The van der Waals surface area contributed by atoms with Gasteiger partial charge in [0.05, 0.1) is 0 Å². The topological polar surface area (TPSA) is 0 Å². The van der Waals surface area contributed by atoms with Crippen LogP contribution in [0.25, 0.3) is 0 Å². The van der Waals surface area contributed by atoms with Crippen LogP contribution in [0.15, 0.2) is 0 Å². The van der Waals surface area contributed by atoms with E-state index in [1.807, 2.05) is 201 Å². The molecule has 0 amide bonds. The summed E-state index contributed by atoms with van der Waals surface area (Å²) in [7, 11) is 5.23. The van der Waals surface area contributed by atoms with E-state index >= 15 is 0 Å². The summed E-state index contributed by atoms with van der Waals surface area (Å²) in [4.78, 5) is 0. The molecule has 103 valence electrons. The van der Waals surface area contributed by atoms with Crippen molar-refractivity contribution in [2.24, 2.45) is 0 Å². The Balaban J connectivity index is 3.98. The van der Waals surface area contributed by atoms with Gasteiger partial charge in [-0.3, -0.25) is 0 Å². The molecule has 0 aliphatic rings. The van der Waals surface area contributed by atoms with Crippen LogP contribution in [0.2, 0.25) is 6.82 Å². The van der Waals surface area contributed by atoms with Gasteiger partial charge in [0.15, 0.2) is 0 Å². The summed E-state index contributed by atoms with van der Waals surface area (Å²) < 4.78 is 0. The zero-order valence-electron chi connectivity index (χ0n) is 19.5. The summed E-state index contributed by atoms with van der Waals surface area (Å²) in [5.41, 5.74) is 0. The van der Waals surface area contributed by atoms with Crippen LogP contribution in [0.1, 0.15) is 0 Å². The first-order valence-electron chi connectivity index (χ1n) is 10.9. The first-order valence-corrected chi connectivity index (χ1v) is 10.9. The van der Waals surface area contributed by atoms with Crippen molar-refractivity contribution in [3.63, 3.8) is 0 Å². The van der Waals surface area contributed by atoms with Crippen LogP contribution in [-0.4, -0.2) is 215 Å². The van der Waals surface area contributed by atoms with Crippen molar-refractivity contribution in [2.45, 2.75) is 6.82 Å². The molecule has 0 bridgehead atoms. The molecule has 0 aliphatic heterocycles. The average Bonchev–Trinajstić information content (AvgIpc) is 2.83. The van der Waals surface area contributed by atoms with Crippen molar-refractivity contribution in [1.82, 2.24) is 0 Å². The second-order valence-corrected chi connectivity index (χ2v) is 6.11. The maximum absolute atomic E-state index is 5.23. The second kappa shape index (κ2) is 34.1. The molecule has 0 heterocycles. The molecule has 32 heteroatoms. The molecule has 0 rings (SSSR count). The molecule has 0 saturated carbocycles. The van der Waals surface area contributed by atoms with Crippen LogP contribution in [-0.2, 0) is 0 Å². The van der Waals surface area contributed by atoms with Crippen molar-refractivity contribution in [1.29, 1.82) is 0 Å². The van der Waals surface area contributed by atoms with Crippen LogP contribution < -0.4 is 0 Å². The quantitative estimate of drug-likeness (QED) is 0.254. The van der Waals surface area contributed by atoms with Crippen molar-refractivity contribution in [3.8, 4) is 0 Å². The van der Waals surface area contributed by atoms with E-state index in [2.05, 4.69) is 0 Å². The zero-order chi connectivity index (χ0) is 23.9. The number of hydrogen-bond donors (Lipinski definition) is 0. The Morgan fingerprint density at radius 1 is 0.242 bits per heavy atom. The molecule has 0 spiro atoms. The van der Waals surface area contributed by atoms with Crippen LogP contribution >= 0.6 is 0 Å². The Kier molecular flexibility index (Phi) is 36.2. The Morgan fingerprint density at radius 2 is 0.394 bits per heavy atom. The van der Waals surface area contributed by atoms with E-state index in [0.717, 1.165) is 0 Å². The number of rotatable bonds is 15. The molecule has 0 fully saturated rings. The minimum absolute atomic E-state index is 1.50. The molecule has 0 nitrogen and oxygen atoms in total. The average molecular weight is 361 g/mol. The second-order valence-electron chi connectivity index (χ2n) is 6.11. The Morgan fingerprint density at radius 3 is 0.545 bits per heavy atom. The molecule has 0 saturated heterocycles. The van der Waals surface area contributed by atoms with Gasteiger partial charge in [0.25, 0.3) is 0 Å². The zero-order valence-corrected chi connectivity index (χ0v) is 19.5. The van der Waals surface area contributed by atoms with Gasteiger partial charge in [-0.1, -0.05) is 0 Å². The summed E-state index contributed by atoms with van der Waals surface area (Å²) >= 11 is 0. The van der Waals surface area contributed by atoms with Crippen LogP contribution in [0, 0.1) is 0 Å². The standard InChI is InChI=1S/CH3B32/c1-3-5-7-9-11-13-15-17-19-21-23-25-27-29-31-33-32-30-28-26-24-22-20-18-16-14-12-10-8-6-4-2/h1H3. The van der Waals surface area contributed by atoms with Crippen molar-refractivity contribution < 1.29 is 0 Å². The summed E-state index contributed by atoms with van der Waals surface area (Å²) in [5, 5.41) is 0. The SMILES string of the molecule is [B]=BB=BB=BB=BB=BB=BB=BB=BB=BB=BB=BB=BB=BB=BB=BB=BC. The van der Waals surface area contributed by atoms with Gasteiger partial charge in [-0.25, -0.2) is 0 Å². The fraction of sp³-hybridized carbons (Fsp3) is 1.00. The Labute approximate surface area is 220 Å². The molecular weight excluding hydrogens is 358 g/mol. The van der Waals surface area contributed by atoms with Gasteiger partial charge in [-0.05, 0) is 0 Å². The fourth-order valence-electron chi connectivity index (χ4n) is 1.91. The summed E-state index contributed by atoms with van der Waals surface area (Å²) in [6, 6.07) is 0. The molecule has 0 aromatic rings. The third-order valence-electron chi connectivity index (χ3n) is 3.41. The Bertz CT molecular complexity index is 925. The normalized spacial score (nSPS) is 7.52. The van der Waals surface area contributed by atoms with Gasteiger partial charge < -0.3 is 0 Å². The van der Waals surface area contributed by atoms with Gasteiger partial charge in [0.1, 0.15) is 0 Å². The predicted octanol–water partition coefficient (Wildman–Crippen LogP) is -11.6. The van der Waals surface area contributed by atoms with E-state index in [4.69, 9.17) is 7.37 Å². The van der Waals surface area contributed by atoms with Gasteiger partial charge in [-0.2, -0.15) is 0 Å². The third kappa shape index (κ3) is 34.1. The molecule has 0 aromatic heterocycles. The van der Waals surface area contributed by atoms with E-state index in [-0.39, 0.29) is 0 Å². The van der Waals surface area contributed by atoms with E-state index < -0.39 is 0 Å². The van der Waals surface area contributed by atoms with Gasteiger partial charge in [-0.15, -0.1) is 0 Å². The van der Waals surface area contributed by atoms with Crippen molar-refractivity contribution >= 4 is 215 Å². The van der Waals surface area contributed by atoms with Gasteiger partial charge in [0.2, 0.25) is 0 Å². The van der Waals surface area contributed by atoms with Crippen molar-refractivity contribution in [2.75, 3.05) is 0 Å². The van der Waals surface area contributed by atoms with E-state index in [9.17, 15) is 0 Å². The third-order valence-corrected chi connectivity index (χ3v) is 3.41. The molecule has 0 unspecified atom stereocenters. The molecule has 0 N–H and O–H groups in total. The van der Waals surface area contributed by atoms with E-state index in [1.165, 1.54) is 6.69 Å². The van der Waals surface area contributed by atoms with E-state index in [1.54, 1.807) is 6.69 Å². The van der Waals surface area contributed by atoms with Gasteiger partial charge in [0, 0.05) is 0 Å². The molecule has 0 aromatic carbocycles. The van der Waals surface area contributed by atoms with Crippen LogP contribution in [0.4, 0.5) is 0 Å². The molecular formula is CH3B32. The van der Waals surface area contributed by atoms with E-state index in [0.29, 0.717) is 0 Å². The predicted molar refractivity (Wildman–Crippen MR) is 190 cm³/mol. The monoisotopic (exact) mass is 367 g/mol. The van der Waals surface area contributed by atoms with Crippen molar-refractivity contribution in [3.05, 3.63) is 0 Å². The fourth-order valence-corrected chi connectivity index (χ4v) is 1.91. The molecule has 0 atom stereocenters. The minimum atomic E-state index is 1.50. The molecule has 33 heavy (non-hydrogen) atoms. The van der Waals surface area contributed by atoms with Gasteiger partial charge >= 0.3 is 222 Å². The van der Waals surface area contributed by atoms with Crippen LogP contribution in [0.3, 0.4) is 0 Å². The molecule has 0 aliphatic carbocycles. The van der Waals surface area contributed by atoms with Crippen LogP contribution in [0.5, 0.6) is 0 Å².